The molecule has 0 radical (unpaired) electrons. The normalized spacial score (nSPS) is 16.5. The Kier molecular flexibility index (Phi) is 11.1. The van der Waals surface area contributed by atoms with Gasteiger partial charge in [-0.2, -0.15) is 0 Å². The van der Waals surface area contributed by atoms with Gasteiger partial charge in [0.2, 0.25) is 0 Å². The van der Waals surface area contributed by atoms with E-state index in [0.29, 0.717) is 23.9 Å². The quantitative estimate of drug-likeness (QED) is 0.0783. The molecule has 2 atom stereocenters. The Bertz CT molecular complexity index is 3210. The van der Waals surface area contributed by atoms with Crippen LogP contribution in [0.3, 0.4) is 0 Å². The van der Waals surface area contributed by atoms with Crippen molar-refractivity contribution in [2.45, 2.75) is 38.8 Å². The van der Waals surface area contributed by atoms with Crippen LogP contribution in [0.1, 0.15) is 48.7 Å². The van der Waals surface area contributed by atoms with Crippen molar-refractivity contribution in [2.24, 2.45) is 15.0 Å². The van der Waals surface area contributed by atoms with Gasteiger partial charge in [-0.25, -0.2) is 9.98 Å². The van der Waals surface area contributed by atoms with Crippen LogP contribution in [0.25, 0.3) is 38.6 Å². The first-order valence-corrected chi connectivity index (χ1v) is 21.8. The molecule has 7 nitrogen and oxygen atoms in total. The molecule has 7 heteroatoms. The molecular formula is C57H47N7. The molecule has 64 heavy (non-hydrogen) atoms. The third-order valence-corrected chi connectivity index (χ3v) is 12.3. The summed E-state index contributed by atoms with van der Waals surface area (Å²) in [6.07, 6.45) is 15.9. The Morgan fingerprint density at radius 2 is 1.50 bits per heavy atom. The van der Waals surface area contributed by atoms with Crippen molar-refractivity contribution in [1.82, 2.24) is 14.5 Å². The fraction of sp³-hybridized carbons (Fsp3) is 0.105. The van der Waals surface area contributed by atoms with Crippen LogP contribution in [0.15, 0.2) is 227 Å². The predicted octanol–water partition coefficient (Wildman–Crippen LogP) is 13.3. The van der Waals surface area contributed by atoms with Crippen molar-refractivity contribution in [3.05, 3.63) is 234 Å². The summed E-state index contributed by atoms with van der Waals surface area (Å²) in [5.41, 5.74) is 14.5. The van der Waals surface area contributed by atoms with E-state index in [1.807, 2.05) is 42.5 Å². The molecule has 2 aliphatic rings. The maximum absolute atomic E-state index is 4.97. The van der Waals surface area contributed by atoms with Gasteiger partial charge >= 0.3 is 0 Å². The summed E-state index contributed by atoms with van der Waals surface area (Å²) in [4.78, 5) is 25.8. The fourth-order valence-electron chi connectivity index (χ4n) is 9.34. The van der Waals surface area contributed by atoms with Gasteiger partial charge in [0.05, 0.1) is 29.3 Å². The lowest BCUT2D eigenvalue weighted by Gasteiger charge is -2.31. The molecule has 1 aliphatic heterocycles. The molecule has 4 heterocycles. The zero-order valence-corrected chi connectivity index (χ0v) is 36.0. The lowest BCUT2D eigenvalue weighted by molar-refractivity contribution is 0.715. The summed E-state index contributed by atoms with van der Waals surface area (Å²) in [6, 6.07) is 55.1. The predicted molar refractivity (Wildman–Crippen MR) is 267 cm³/mol. The van der Waals surface area contributed by atoms with Crippen LogP contribution < -0.4 is 4.90 Å². The van der Waals surface area contributed by atoms with E-state index in [4.69, 9.17) is 9.98 Å². The Balaban J connectivity index is 1.02. The summed E-state index contributed by atoms with van der Waals surface area (Å²) in [6.45, 7) is 8.80. The molecule has 0 amide bonds. The maximum Gasteiger partial charge on any atom is 0.176 e. The first kappa shape index (κ1) is 40.1. The number of pyridine rings is 2. The van der Waals surface area contributed by atoms with E-state index in [1.54, 1.807) is 12.4 Å². The molecular weight excluding hydrogens is 783 g/mol. The van der Waals surface area contributed by atoms with Gasteiger partial charge in [0.1, 0.15) is 5.69 Å². The summed E-state index contributed by atoms with van der Waals surface area (Å²) in [7, 11) is 0. The number of aromatic nitrogens is 3. The third kappa shape index (κ3) is 7.51. The van der Waals surface area contributed by atoms with Crippen molar-refractivity contribution in [3.63, 3.8) is 0 Å². The number of anilines is 2. The Hall–Kier alpha value is -8.03. The minimum atomic E-state index is 0.199. The Labute approximate surface area is 374 Å². The molecule has 2 unspecified atom stereocenters. The second-order valence-corrected chi connectivity index (χ2v) is 16.0. The Morgan fingerprint density at radius 1 is 0.734 bits per heavy atom. The van der Waals surface area contributed by atoms with Crippen LogP contribution >= 0.6 is 0 Å². The van der Waals surface area contributed by atoms with Crippen molar-refractivity contribution in [3.8, 4) is 11.1 Å². The number of amidine groups is 2. The average molecular weight is 830 g/mol. The highest BCUT2D eigenvalue weighted by molar-refractivity contribution is 6.17. The molecule has 0 fully saturated rings. The first-order valence-electron chi connectivity index (χ1n) is 21.8. The van der Waals surface area contributed by atoms with E-state index in [9.17, 15) is 0 Å². The number of hydrogen-bond acceptors (Lipinski definition) is 4. The standard InChI is InChI=1S/C57H47N7/c1-4-43(34-33-39(2)45-26-17-31-52-54(45)47-24-8-11-30-51(47)64(52)44-22-6-5-7-23-44)63-50-29-10-9-25-48(50)55-46(27-18-32-53(55)63)40-19-16-20-41(37-40)56(58-3)62-57(49-28-13-15-36-60-49)61-38-42-21-12-14-35-59-42/h5-37,52,54H,3-4,38H2,1-2H3/b39-33+,43-34+,61-57?,62-56?. The maximum atomic E-state index is 4.97. The summed E-state index contributed by atoms with van der Waals surface area (Å²) >= 11 is 0. The number of aliphatic imine (C=N–C) groups is 3. The van der Waals surface area contributed by atoms with Gasteiger partial charge in [0, 0.05) is 51.7 Å². The average Bonchev–Trinajstić information content (AvgIpc) is 3.88. The SMILES string of the molecule is C=NC(=NC(=NCc1ccccn1)c1ccccn1)c1cccc(-c2cccc3c2c2ccccc2n3/C(=C/C=C(\C)C2=CC=CC3C2c2ccccc2N3c2ccccc2)CC)c1. The topological polar surface area (TPSA) is 71.0 Å². The molecule has 8 aromatic rings. The molecule has 0 bridgehead atoms. The minimum absolute atomic E-state index is 0.199. The van der Waals surface area contributed by atoms with E-state index in [-0.39, 0.29) is 12.0 Å². The molecule has 0 saturated heterocycles. The molecule has 0 saturated carbocycles. The lowest BCUT2D eigenvalue weighted by atomic mass is 9.81. The fourth-order valence-corrected chi connectivity index (χ4v) is 9.34. The highest BCUT2D eigenvalue weighted by Crippen LogP contribution is 2.51. The van der Waals surface area contributed by atoms with Crippen molar-refractivity contribution >= 4 is 57.3 Å². The lowest BCUT2D eigenvalue weighted by Crippen LogP contribution is -2.30. The number of nitrogens with zero attached hydrogens (tertiary/aromatic N) is 7. The van der Waals surface area contributed by atoms with Crippen LogP contribution in [0.4, 0.5) is 11.4 Å². The number of para-hydroxylation sites is 3. The molecule has 1 aliphatic carbocycles. The van der Waals surface area contributed by atoms with E-state index >= 15 is 0 Å². The van der Waals surface area contributed by atoms with E-state index < -0.39 is 0 Å². The number of fused-ring (bicyclic) bond motifs is 6. The van der Waals surface area contributed by atoms with E-state index in [2.05, 4.69) is 191 Å². The molecule has 5 aromatic carbocycles. The van der Waals surface area contributed by atoms with Crippen molar-refractivity contribution in [2.75, 3.05) is 4.90 Å². The van der Waals surface area contributed by atoms with E-state index in [0.717, 1.165) is 34.3 Å². The molecule has 0 N–H and O–H groups in total. The smallest absolute Gasteiger partial charge is 0.176 e. The largest absolute Gasteiger partial charge is 0.333 e. The second kappa shape index (κ2) is 17.8. The number of hydrogen-bond donors (Lipinski definition) is 0. The minimum Gasteiger partial charge on any atom is -0.333 e. The number of rotatable bonds is 10. The van der Waals surface area contributed by atoms with Crippen LogP contribution in [0, 0.1) is 0 Å². The Morgan fingerprint density at radius 3 is 2.31 bits per heavy atom. The zero-order chi connectivity index (χ0) is 43.4. The van der Waals surface area contributed by atoms with Crippen LogP contribution in [-0.2, 0) is 6.54 Å². The summed E-state index contributed by atoms with van der Waals surface area (Å²) in [5, 5.41) is 2.39. The van der Waals surface area contributed by atoms with Crippen molar-refractivity contribution < 1.29 is 0 Å². The molecule has 3 aromatic heterocycles. The van der Waals surface area contributed by atoms with Crippen molar-refractivity contribution in [1.29, 1.82) is 0 Å². The van der Waals surface area contributed by atoms with Crippen LogP contribution in [-0.4, -0.2) is 39.0 Å². The second-order valence-electron chi connectivity index (χ2n) is 16.0. The van der Waals surface area contributed by atoms with Gasteiger partial charge in [-0.3, -0.25) is 15.0 Å². The highest BCUT2D eigenvalue weighted by atomic mass is 15.2. The van der Waals surface area contributed by atoms with Gasteiger partial charge in [0.15, 0.2) is 11.7 Å². The van der Waals surface area contributed by atoms with Crippen LogP contribution in [0.2, 0.25) is 0 Å². The van der Waals surface area contributed by atoms with Gasteiger partial charge < -0.3 is 9.47 Å². The zero-order valence-electron chi connectivity index (χ0n) is 36.0. The highest BCUT2D eigenvalue weighted by Gasteiger charge is 2.40. The van der Waals surface area contributed by atoms with Gasteiger partial charge in [-0.05, 0) is 115 Å². The molecule has 10 rings (SSSR count). The summed E-state index contributed by atoms with van der Waals surface area (Å²) in [5.74, 6) is 1.15. The van der Waals surface area contributed by atoms with Gasteiger partial charge in [0.25, 0.3) is 0 Å². The first-order chi connectivity index (χ1) is 31.6. The monoisotopic (exact) mass is 829 g/mol. The number of benzene rings is 5. The molecule has 0 spiro atoms. The van der Waals surface area contributed by atoms with Crippen LogP contribution in [0.5, 0.6) is 0 Å². The summed E-state index contributed by atoms with van der Waals surface area (Å²) < 4.78 is 2.44. The molecule has 310 valence electrons. The van der Waals surface area contributed by atoms with Gasteiger partial charge in [-0.15, -0.1) is 0 Å². The van der Waals surface area contributed by atoms with Gasteiger partial charge in [-0.1, -0.05) is 128 Å². The van der Waals surface area contributed by atoms with E-state index in [1.165, 1.54) is 50.1 Å². The third-order valence-electron chi connectivity index (χ3n) is 12.3. The number of allylic oxidation sites excluding steroid dienone is 6.